The molecule has 2 N–H and O–H groups in total. The fourth-order valence-corrected chi connectivity index (χ4v) is 2.65. The zero-order chi connectivity index (χ0) is 18.4. The third-order valence-electron chi connectivity index (χ3n) is 4.19. The molecule has 0 atom stereocenters. The summed E-state index contributed by atoms with van der Waals surface area (Å²) in [5, 5.41) is 11.9. The monoisotopic (exact) mass is 353 g/mol. The first-order valence-electron chi connectivity index (χ1n) is 7.87. The molecule has 0 saturated carbocycles. The maximum Gasteiger partial charge on any atom is 0.329 e. The van der Waals surface area contributed by atoms with Crippen molar-refractivity contribution in [2.45, 2.75) is 31.2 Å². The Morgan fingerprint density at radius 2 is 1.96 bits per heavy atom. The molecule has 0 aromatic heterocycles. The number of carbonyl (C=O) groups excluding carboxylic acids is 2. The molecule has 0 spiro atoms. The fraction of sp³-hybridized carbons (Fsp3) is 0.471. The number of rotatable bonds is 7. The van der Waals surface area contributed by atoms with E-state index < -0.39 is 29.0 Å². The van der Waals surface area contributed by atoms with Gasteiger partial charge in [0.1, 0.15) is 5.54 Å². The second-order valence-electron chi connectivity index (χ2n) is 5.82. The van der Waals surface area contributed by atoms with Crippen LogP contribution in [0.15, 0.2) is 18.2 Å². The second-order valence-corrected chi connectivity index (χ2v) is 5.82. The summed E-state index contributed by atoms with van der Waals surface area (Å²) in [5.41, 5.74) is -1.23. The molecule has 1 heterocycles. The van der Waals surface area contributed by atoms with Gasteiger partial charge in [0, 0.05) is 44.5 Å². The minimum atomic E-state index is -1.36. The highest BCUT2D eigenvalue weighted by atomic mass is 19.1. The lowest BCUT2D eigenvalue weighted by Crippen LogP contribution is -2.57. The van der Waals surface area contributed by atoms with E-state index in [9.17, 15) is 23.9 Å². The number of halogens is 1. The van der Waals surface area contributed by atoms with Crippen LogP contribution in [0.5, 0.6) is 5.75 Å². The van der Waals surface area contributed by atoms with Gasteiger partial charge in [-0.05, 0) is 18.2 Å². The average Bonchev–Trinajstić information content (AvgIpc) is 2.60. The number of methoxy groups -OCH3 is 1. The summed E-state index contributed by atoms with van der Waals surface area (Å²) < 4.78 is 23.5. The van der Waals surface area contributed by atoms with Gasteiger partial charge in [-0.3, -0.25) is 9.59 Å². The molecule has 1 aromatic carbocycles. The van der Waals surface area contributed by atoms with Crippen molar-refractivity contribution in [3.05, 3.63) is 29.6 Å². The Morgan fingerprint density at radius 3 is 2.52 bits per heavy atom. The Balaban J connectivity index is 1.93. The molecule has 0 bridgehead atoms. The van der Waals surface area contributed by atoms with E-state index in [1.165, 1.54) is 19.2 Å². The second kappa shape index (κ2) is 8.06. The molecular weight excluding hydrogens is 333 g/mol. The maximum absolute atomic E-state index is 13.6. The molecule has 2 rings (SSSR count). The molecule has 0 radical (unpaired) electrons. The highest BCUT2D eigenvalue weighted by Crippen LogP contribution is 2.22. The van der Waals surface area contributed by atoms with Crippen LogP contribution in [-0.2, 0) is 14.3 Å². The number of amides is 1. The SMILES string of the molecule is COc1ccc(C(=O)CCC(=O)NC2(C(=O)O)CCOCC2)cc1F. The van der Waals surface area contributed by atoms with Gasteiger partial charge in [-0.15, -0.1) is 0 Å². The minimum Gasteiger partial charge on any atom is -0.494 e. The van der Waals surface area contributed by atoms with Gasteiger partial charge < -0.3 is 19.9 Å². The number of benzene rings is 1. The van der Waals surface area contributed by atoms with Crippen molar-refractivity contribution in [2.24, 2.45) is 0 Å². The third-order valence-corrected chi connectivity index (χ3v) is 4.19. The van der Waals surface area contributed by atoms with Gasteiger partial charge in [-0.25, -0.2) is 9.18 Å². The van der Waals surface area contributed by atoms with Crippen LogP contribution < -0.4 is 10.1 Å². The molecule has 1 saturated heterocycles. The van der Waals surface area contributed by atoms with Crippen molar-refractivity contribution < 1.29 is 33.4 Å². The van der Waals surface area contributed by atoms with E-state index in [1.807, 2.05) is 0 Å². The fourth-order valence-electron chi connectivity index (χ4n) is 2.65. The molecule has 0 unspecified atom stereocenters. The van der Waals surface area contributed by atoms with E-state index >= 15 is 0 Å². The highest BCUT2D eigenvalue weighted by Gasteiger charge is 2.41. The number of ketones is 1. The zero-order valence-electron chi connectivity index (χ0n) is 13.8. The standard InChI is InChI=1S/C17H20FNO6/c1-24-14-4-2-11(10-12(14)18)13(20)3-5-15(21)19-17(16(22)23)6-8-25-9-7-17/h2,4,10H,3,5-9H2,1H3,(H,19,21)(H,22,23). The van der Waals surface area contributed by atoms with Gasteiger partial charge in [0.2, 0.25) is 5.91 Å². The lowest BCUT2D eigenvalue weighted by Gasteiger charge is -2.33. The largest absolute Gasteiger partial charge is 0.494 e. The summed E-state index contributed by atoms with van der Waals surface area (Å²) in [6, 6.07) is 3.81. The van der Waals surface area contributed by atoms with Crippen LogP contribution in [0.2, 0.25) is 0 Å². The van der Waals surface area contributed by atoms with Crippen molar-refractivity contribution in [1.29, 1.82) is 0 Å². The first kappa shape index (κ1) is 18.9. The quantitative estimate of drug-likeness (QED) is 0.721. The molecular formula is C17H20FNO6. The smallest absolute Gasteiger partial charge is 0.329 e. The summed E-state index contributed by atoms with van der Waals surface area (Å²) in [6.07, 6.45) is 0.0175. The Morgan fingerprint density at radius 1 is 1.28 bits per heavy atom. The number of aliphatic carboxylic acids is 1. The summed E-state index contributed by atoms with van der Waals surface area (Å²) in [4.78, 5) is 35.6. The van der Waals surface area contributed by atoms with Gasteiger partial charge in [-0.1, -0.05) is 0 Å². The Hall–Kier alpha value is -2.48. The molecule has 0 aliphatic carbocycles. The number of carboxylic acid groups (broad SMARTS) is 1. The van der Waals surface area contributed by atoms with Crippen molar-refractivity contribution >= 4 is 17.7 Å². The van der Waals surface area contributed by atoms with E-state index in [2.05, 4.69) is 5.32 Å². The number of carboxylic acids is 1. The molecule has 25 heavy (non-hydrogen) atoms. The van der Waals surface area contributed by atoms with Crippen molar-refractivity contribution in [2.75, 3.05) is 20.3 Å². The number of Topliss-reactive ketones (excluding diaryl/α,β-unsaturated/α-hetero) is 1. The van der Waals surface area contributed by atoms with Gasteiger partial charge in [0.05, 0.1) is 7.11 Å². The minimum absolute atomic E-state index is 0.0252. The van der Waals surface area contributed by atoms with Gasteiger partial charge in [0.15, 0.2) is 17.3 Å². The number of carbonyl (C=O) groups is 3. The normalized spacial score (nSPS) is 16.1. The van der Waals surface area contributed by atoms with Crippen LogP contribution >= 0.6 is 0 Å². The van der Waals surface area contributed by atoms with E-state index in [1.54, 1.807) is 0 Å². The molecule has 1 aromatic rings. The zero-order valence-corrected chi connectivity index (χ0v) is 13.8. The van der Waals surface area contributed by atoms with Gasteiger partial charge >= 0.3 is 5.97 Å². The van der Waals surface area contributed by atoms with E-state index in [4.69, 9.17) is 9.47 Å². The van der Waals surface area contributed by atoms with Crippen LogP contribution in [0.1, 0.15) is 36.0 Å². The first-order chi connectivity index (χ1) is 11.9. The predicted octanol–water partition coefficient (Wildman–Crippen LogP) is 1.55. The number of hydrogen-bond donors (Lipinski definition) is 2. The lowest BCUT2D eigenvalue weighted by molar-refractivity contribution is -0.152. The first-order valence-corrected chi connectivity index (χ1v) is 7.87. The molecule has 8 heteroatoms. The van der Waals surface area contributed by atoms with Gasteiger partial charge in [0.25, 0.3) is 0 Å². The highest BCUT2D eigenvalue weighted by molar-refractivity contribution is 5.98. The molecule has 1 aliphatic rings. The molecule has 1 amide bonds. The number of ether oxygens (including phenoxy) is 2. The van der Waals surface area contributed by atoms with E-state index in [-0.39, 0.29) is 50.2 Å². The third kappa shape index (κ3) is 4.54. The Bertz CT molecular complexity index is 669. The van der Waals surface area contributed by atoms with Crippen LogP contribution in [0.25, 0.3) is 0 Å². The van der Waals surface area contributed by atoms with Gasteiger partial charge in [-0.2, -0.15) is 0 Å². The summed E-state index contributed by atoms with van der Waals surface area (Å²) >= 11 is 0. The summed E-state index contributed by atoms with van der Waals surface area (Å²) in [6.45, 7) is 0.493. The van der Waals surface area contributed by atoms with Crippen LogP contribution in [0, 0.1) is 5.82 Å². The average molecular weight is 353 g/mol. The van der Waals surface area contributed by atoms with Crippen LogP contribution in [0.3, 0.4) is 0 Å². The summed E-state index contributed by atoms with van der Waals surface area (Å²) in [5.74, 6) is -2.70. The molecule has 1 fully saturated rings. The van der Waals surface area contributed by atoms with Crippen LogP contribution in [0.4, 0.5) is 4.39 Å². The van der Waals surface area contributed by atoms with E-state index in [0.29, 0.717) is 0 Å². The lowest BCUT2D eigenvalue weighted by atomic mass is 9.90. The van der Waals surface area contributed by atoms with Crippen molar-refractivity contribution in [1.82, 2.24) is 5.32 Å². The number of hydrogen-bond acceptors (Lipinski definition) is 5. The van der Waals surface area contributed by atoms with E-state index in [0.717, 1.165) is 6.07 Å². The van der Waals surface area contributed by atoms with Crippen molar-refractivity contribution in [3.63, 3.8) is 0 Å². The van der Waals surface area contributed by atoms with Crippen LogP contribution in [-0.4, -0.2) is 48.6 Å². The molecule has 136 valence electrons. The maximum atomic E-state index is 13.6. The Kier molecular flexibility index (Phi) is 6.08. The summed E-state index contributed by atoms with van der Waals surface area (Å²) in [7, 11) is 1.32. The molecule has 7 nitrogen and oxygen atoms in total. The predicted molar refractivity (Wildman–Crippen MR) is 85.1 cm³/mol. The topological polar surface area (TPSA) is 102 Å². The molecule has 1 aliphatic heterocycles. The van der Waals surface area contributed by atoms with Crippen molar-refractivity contribution in [3.8, 4) is 5.75 Å². The number of nitrogens with one attached hydrogen (secondary N) is 1. The Labute approximate surface area is 144 Å².